The van der Waals surface area contributed by atoms with Crippen LogP contribution in [0.3, 0.4) is 0 Å². The molecule has 0 radical (unpaired) electrons. The fraction of sp³-hybridized carbons (Fsp3) is 0.364. The van der Waals surface area contributed by atoms with Crippen molar-refractivity contribution in [1.29, 1.82) is 0 Å². The Morgan fingerprint density at radius 3 is 2.52 bits per heavy atom. The molecular formula is C22H25N5O2. The second kappa shape index (κ2) is 7.66. The molecule has 0 unspecified atom stereocenters. The molecule has 0 aliphatic carbocycles. The number of aromatic amines is 1. The third kappa shape index (κ3) is 3.85. The van der Waals surface area contributed by atoms with E-state index in [-0.39, 0.29) is 17.4 Å². The average Bonchev–Trinajstić information content (AvgIpc) is 2.72. The Bertz CT molecular complexity index is 1110. The van der Waals surface area contributed by atoms with Gasteiger partial charge in [0, 0.05) is 60.8 Å². The van der Waals surface area contributed by atoms with Gasteiger partial charge < -0.3 is 14.8 Å². The van der Waals surface area contributed by atoms with E-state index in [1.54, 1.807) is 0 Å². The minimum absolute atomic E-state index is 0.103. The molecule has 1 aromatic carbocycles. The van der Waals surface area contributed by atoms with Gasteiger partial charge in [0.05, 0.1) is 5.56 Å². The zero-order valence-corrected chi connectivity index (χ0v) is 17.0. The molecule has 0 bridgehead atoms. The van der Waals surface area contributed by atoms with Crippen LogP contribution in [0.15, 0.2) is 41.2 Å². The fourth-order valence-corrected chi connectivity index (χ4v) is 3.69. The lowest BCUT2D eigenvalue weighted by atomic mass is 10.1. The Labute approximate surface area is 169 Å². The van der Waals surface area contributed by atoms with Crippen LogP contribution in [0.4, 0.5) is 5.82 Å². The number of para-hydroxylation sites is 1. The standard InChI is InChI=1S/C22H25N5O2/c1-14(2)21-23-15(3)12-19(25-21)26-8-10-27(11-9-26)22(29)17-13-20(28)24-18-7-5-4-6-16(17)18/h4-7,12-14H,8-11H2,1-3H3,(H,24,28). The van der Waals surface area contributed by atoms with E-state index in [0.29, 0.717) is 37.3 Å². The highest BCUT2D eigenvalue weighted by Crippen LogP contribution is 2.21. The van der Waals surface area contributed by atoms with Crippen molar-refractivity contribution in [2.45, 2.75) is 26.7 Å². The highest BCUT2D eigenvalue weighted by atomic mass is 16.2. The van der Waals surface area contributed by atoms with Gasteiger partial charge in [-0.2, -0.15) is 0 Å². The molecule has 3 heterocycles. The van der Waals surface area contributed by atoms with Crippen molar-refractivity contribution in [2.75, 3.05) is 31.1 Å². The normalized spacial score (nSPS) is 14.6. The average molecular weight is 391 g/mol. The minimum atomic E-state index is -0.261. The van der Waals surface area contributed by atoms with E-state index in [9.17, 15) is 9.59 Å². The van der Waals surface area contributed by atoms with Crippen molar-refractivity contribution in [3.8, 4) is 0 Å². The van der Waals surface area contributed by atoms with E-state index in [1.165, 1.54) is 6.07 Å². The number of carbonyl (C=O) groups excluding carboxylic acids is 1. The van der Waals surface area contributed by atoms with Crippen molar-refractivity contribution in [2.24, 2.45) is 0 Å². The minimum Gasteiger partial charge on any atom is -0.353 e. The lowest BCUT2D eigenvalue weighted by molar-refractivity contribution is 0.0748. The zero-order valence-electron chi connectivity index (χ0n) is 17.0. The summed E-state index contributed by atoms with van der Waals surface area (Å²) in [4.78, 5) is 41.1. The van der Waals surface area contributed by atoms with Crippen LogP contribution >= 0.6 is 0 Å². The Morgan fingerprint density at radius 1 is 1.07 bits per heavy atom. The third-order valence-corrected chi connectivity index (χ3v) is 5.25. The van der Waals surface area contributed by atoms with Crippen LogP contribution in [0.5, 0.6) is 0 Å². The molecule has 1 saturated heterocycles. The number of hydrogen-bond acceptors (Lipinski definition) is 5. The summed E-state index contributed by atoms with van der Waals surface area (Å²) >= 11 is 0. The maximum Gasteiger partial charge on any atom is 0.254 e. The highest BCUT2D eigenvalue weighted by molar-refractivity contribution is 6.06. The Hall–Kier alpha value is -3.22. The molecule has 1 fully saturated rings. The second-order valence-corrected chi connectivity index (χ2v) is 7.75. The van der Waals surface area contributed by atoms with Gasteiger partial charge in [0.25, 0.3) is 5.91 Å². The van der Waals surface area contributed by atoms with Crippen molar-refractivity contribution in [3.63, 3.8) is 0 Å². The molecule has 7 heteroatoms. The maximum absolute atomic E-state index is 13.1. The van der Waals surface area contributed by atoms with Gasteiger partial charge in [-0.05, 0) is 13.0 Å². The first-order valence-electron chi connectivity index (χ1n) is 9.94. The number of aromatic nitrogens is 3. The first-order chi connectivity index (χ1) is 13.9. The molecule has 150 valence electrons. The molecule has 0 saturated carbocycles. The number of pyridine rings is 1. The SMILES string of the molecule is Cc1cc(N2CCN(C(=O)c3cc(=O)[nH]c4ccccc34)CC2)nc(C(C)C)n1. The molecule has 1 N–H and O–H groups in total. The number of hydrogen-bond donors (Lipinski definition) is 1. The number of H-pyrrole nitrogens is 1. The van der Waals surface area contributed by atoms with Crippen LogP contribution in [0.2, 0.25) is 0 Å². The van der Waals surface area contributed by atoms with Crippen molar-refractivity contribution >= 4 is 22.6 Å². The van der Waals surface area contributed by atoms with Gasteiger partial charge in [-0.25, -0.2) is 9.97 Å². The maximum atomic E-state index is 13.1. The summed E-state index contributed by atoms with van der Waals surface area (Å²) in [5, 5.41) is 0.771. The number of benzene rings is 1. The molecule has 2 aromatic heterocycles. The van der Waals surface area contributed by atoms with Crippen LogP contribution in [0.25, 0.3) is 10.9 Å². The second-order valence-electron chi connectivity index (χ2n) is 7.75. The van der Waals surface area contributed by atoms with Crippen LogP contribution < -0.4 is 10.5 Å². The summed E-state index contributed by atoms with van der Waals surface area (Å²) in [5.74, 6) is 1.91. The van der Waals surface area contributed by atoms with Gasteiger partial charge in [-0.15, -0.1) is 0 Å². The largest absolute Gasteiger partial charge is 0.353 e. The molecule has 1 amide bonds. The molecule has 29 heavy (non-hydrogen) atoms. The van der Waals surface area contributed by atoms with Gasteiger partial charge in [0.15, 0.2) is 0 Å². The molecule has 4 rings (SSSR count). The predicted octanol–water partition coefficient (Wildman–Crippen LogP) is 2.71. The van der Waals surface area contributed by atoms with E-state index >= 15 is 0 Å². The number of amides is 1. The van der Waals surface area contributed by atoms with Gasteiger partial charge in [0.1, 0.15) is 11.6 Å². The number of aryl methyl sites for hydroxylation is 1. The summed E-state index contributed by atoms with van der Waals surface area (Å²) in [6, 6.07) is 10.8. The van der Waals surface area contributed by atoms with E-state index in [0.717, 1.165) is 22.7 Å². The molecule has 3 aromatic rings. The molecule has 1 aliphatic rings. The molecule has 1 aliphatic heterocycles. The first kappa shape index (κ1) is 19.1. The van der Waals surface area contributed by atoms with E-state index in [4.69, 9.17) is 4.98 Å². The lowest BCUT2D eigenvalue weighted by Crippen LogP contribution is -2.49. The van der Waals surface area contributed by atoms with Crippen molar-refractivity contribution < 1.29 is 4.79 Å². The summed E-state index contributed by atoms with van der Waals surface area (Å²) in [6.07, 6.45) is 0. The summed E-state index contributed by atoms with van der Waals surface area (Å²) in [7, 11) is 0. The van der Waals surface area contributed by atoms with E-state index in [1.807, 2.05) is 42.2 Å². The predicted molar refractivity (Wildman–Crippen MR) is 114 cm³/mol. The van der Waals surface area contributed by atoms with E-state index < -0.39 is 0 Å². The summed E-state index contributed by atoms with van der Waals surface area (Å²) in [6.45, 7) is 8.71. The number of nitrogens with zero attached hydrogens (tertiary/aromatic N) is 4. The monoisotopic (exact) mass is 391 g/mol. The Kier molecular flexibility index (Phi) is 5.05. The Balaban J connectivity index is 1.54. The van der Waals surface area contributed by atoms with Crippen molar-refractivity contribution in [1.82, 2.24) is 19.9 Å². The van der Waals surface area contributed by atoms with Gasteiger partial charge >= 0.3 is 0 Å². The first-order valence-corrected chi connectivity index (χ1v) is 9.94. The topological polar surface area (TPSA) is 82.2 Å². The zero-order chi connectivity index (χ0) is 20.5. The van der Waals surface area contributed by atoms with Crippen molar-refractivity contribution in [3.05, 3.63) is 63.8 Å². The molecular weight excluding hydrogens is 366 g/mol. The number of rotatable bonds is 3. The van der Waals surface area contributed by atoms with Crippen LogP contribution in [-0.2, 0) is 0 Å². The number of piperazine rings is 1. The quantitative estimate of drug-likeness (QED) is 0.742. The Morgan fingerprint density at radius 2 is 1.79 bits per heavy atom. The molecule has 0 spiro atoms. The van der Waals surface area contributed by atoms with Gasteiger partial charge in [-0.3, -0.25) is 9.59 Å². The van der Waals surface area contributed by atoms with Crippen LogP contribution in [0.1, 0.15) is 41.6 Å². The number of fused-ring (bicyclic) bond motifs is 1. The lowest BCUT2D eigenvalue weighted by Gasteiger charge is -2.35. The van der Waals surface area contributed by atoms with E-state index in [2.05, 4.69) is 28.7 Å². The number of nitrogens with one attached hydrogen (secondary N) is 1. The highest BCUT2D eigenvalue weighted by Gasteiger charge is 2.25. The summed E-state index contributed by atoms with van der Waals surface area (Å²) < 4.78 is 0. The van der Waals surface area contributed by atoms with Gasteiger partial charge in [0.2, 0.25) is 5.56 Å². The van der Waals surface area contributed by atoms with Crippen LogP contribution in [-0.4, -0.2) is 51.9 Å². The molecule has 0 atom stereocenters. The number of carbonyl (C=O) groups is 1. The van der Waals surface area contributed by atoms with Gasteiger partial charge in [-0.1, -0.05) is 32.0 Å². The fourth-order valence-electron chi connectivity index (χ4n) is 3.69. The van der Waals surface area contributed by atoms with Crippen LogP contribution in [0, 0.1) is 6.92 Å². The number of anilines is 1. The smallest absolute Gasteiger partial charge is 0.254 e. The third-order valence-electron chi connectivity index (χ3n) is 5.25. The molecule has 7 nitrogen and oxygen atoms in total. The summed E-state index contributed by atoms with van der Waals surface area (Å²) in [5.41, 5.74) is 1.83.